The summed E-state index contributed by atoms with van der Waals surface area (Å²) in [6, 6.07) is 14.5. The number of carbonyl (C=O) groups excluding carboxylic acids is 2. The van der Waals surface area contributed by atoms with Gasteiger partial charge in [0, 0.05) is 43.7 Å². The van der Waals surface area contributed by atoms with Crippen molar-refractivity contribution in [1.29, 1.82) is 0 Å². The van der Waals surface area contributed by atoms with Gasteiger partial charge in [-0.3, -0.25) is 9.59 Å². The topological polar surface area (TPSA) is 52.7 Å². The number of hydrogen-bond acceptors (Lipinski definition) is 3. The van der Waals surface area contributed by atoms with Gasteiger partial charge in [-0.1, -0.05) is 23.7 Å². The quantitative estimate of drug-likeness (QED) is 0.917. The van der Waals surface area contributed by atoms with E-state index in [1.165, 1.54) is 0 Å². The monoisotopic (exact) mass is 357 g/mol. The third-order valence-corrected chi connectivity index (χ3v) is 4.58. The molecule has 6 heteroatoms. The lowest BCUT2D eigenvalue weighted by atomic mass is 10.1. The largest absolute Gasteiger partial charge is 0.366 e. The van der Waals surface area contributed by atoms with Crippen molar-refractivity contribution in [3.8, 4) is 0 Å². The van der Waals surface area contributed by atoms with E-state index in [1.807, 2.05) is 29.2 Å². The van der Waals surface area contributed by atoms with Crippen molar-refractivity contribution in [3.63, 3.8) is 0 Å². The fraction of sp³-hybridized carbons (Fsp3) is 0.263. The predicted molar refractivity (Wildman–Crippen MR) is 100 cm³/mol. The molecule has 1 aliphatic rings. The number of rotatable bonds is 3. The molecule has 1 saturated heterocycles. The summed E-state index contributed by atoms with van der Waals surface area (Å²) in [5, 5.41) is 3.57. The summed E-state index contributed by atoms with van der Waals surface area (Å²) in [4.78, 5) is 28.0. The van der Waals surface area contributed by atoms with Gasteiger partial charge in [0.15, 0.2) is 0 Å². The molecule has 0 aromatic heterocycles. The molecule has 2 aromatic carbocycles. The minimum Gasteiger partial charge on any atom is -0.366 e. The lowest BCUT2D eigenvalue weighted by Crippen LogP contribution is -2.48. The van der Waals surface area contributed by atoms with Crippen LogP contribution in [-0.2, 0) is 4.79 Å². The maximum Gasteiger partial charge on any atom is 0.255 e. The van der Waals surface area contributed by atoms with E-state index < -0.39 is 0 Å². The molecule has 0 bridgehead atoms. The van der Waals surface area contributed by atoms with Gasteiger partial charge >= 0.3 is 0 Å². The summed E-state index contributed by atoms with van der Waals surface area (Å²) in [5.74, 6) is -0.0736. The van der Waals surface area contributed by atoms with Gasteiger partial charge in [-0.2, -0.15) is 0 Å². The highest BCUT2D eigenvalue weighted by atomic mass is 35.5. The van der Waals surface area contributed by atoms with Gasteiger partial charge in [0.05, 0.1) is 11.4 Å². The zero-order valence-electron chi connectivity index (χ0n) is 14.0. The van der Waals surface area contributed by atoms with E-state index in [4.69, 9.17) is 11.6 Å². The number of carbonyl (C=O) groups is 2. The molecule has 1 N–H and O–H groups in total. The van der Waals surface area contributed by atoms with Gasteiger partial charge in [-0.15, -0.1) is 0 Å². The average Bonchev–Trinajstić information content (AvgIpc) is 2.63. The molecule has 2 amide bonds. The van der Waals surface area contributed by atoms with Crippen LogP contribution >= 0.6 is 11.6 Å². The minimum absolute atomic E-state index is 0.101. The summed E-state index contributed by atoms with van der Waals surface area (Å²) in [7, 11) is 0. The van der Waals surface area contributed by atoms with Gasteiger partial charge in [0.25, 0.3) is 5.91 Å². The number of halogens is 1. The van der Waals surface area contributed by atoms with E-state index in [0.717, 1.165) is 24.5 Å². The van der Waals surface area contributed by atoms with Crippen LogP contribution in [0, 0.1) is 0 Å². The molecule has 0 aliphatic carbocycles. The normalized spacial score (nSPS) is 14.3. The van der Waals surface area contributed by atoms with Crippen molar-refractivity contribution >= 4 is 34.8 Å². The van der Waals surface area contributed by atoms with Crippen LogP contribution in [0.2, 0.25) is 5.02 Å². The van der Waals surface area contributed by atoms with E-state index in [2.05, 4.69) is 10.2 Å². The summed E-state index contributed by atoms with van der Waals surface area (Å²) < 4.78 is 0. The Morgan fingerprint density at radius 1 is 0.960 bits per heavy atom. The van der Waals surface area contributed by atoms with Crippen molar-refractivity contribution in [3.05, 3.63) is 59.1 Å². The standard InChI is InChI=1S/C19H20ClN3O2/c1-14(24)22-10-12-23(13-11-22)18-5-3-2-4-17(18)21-19(25)15-6-8-16(20)9-7-15/h2-9H,10-13H2,1H3,(H,21,25). The van der Waals surface area contributed by atoms with Crippen LogP contribution in [0.5, 0.6) is 0 Å². The van der Waals surface area contributed by atoms with Crippen LogP contribution in [0.15, 0.2) is 48.5 Å². The summed E-state index contributed by atoms with van der Waals surface area (Å²) >= 11 is 5.87. The fourth-order valence-corrected chi connectivity index (χ4v) is 3.04. The van der Waals surface area contributed by atoms with Crippen LogP contribution in [0.1, 0.15) is 17.3 Å². The van der Waals surface area contributed by atoms with Crippen molar-refractivity contribution < 1.29 is 9.59 Å². The Morgan fingerprint density at radius 3 is 2.24 bits per heavy atom. The van der Waals surface area contributed by atoms with Crippen molar-refractivity contribution in [2.24, 2.45) is 0 Å². The van der Waals surface area contributed by atoms with E-state index >= 15 is 0 Å². The highest BCUT2D eigenvalue weighted by Crippen LogP contribution is 2.27. The molecule has 25 heavy (non-hydrogen) atoms. The molecule has 130 valence electrons. The second kappa shape index (κ2) is 7.57. The fourth-order valence-electron chi connectivity index (χ4n) is 2.91. The molecule has 1 fully saturated rings. The number of piperazine rings is 1. The van der Waals surface area contributed by atoms with E-state index in [0.29, 0.717) is 23.7 Å². The second-order valence-corrected chi connectivity index (χ2v) is 6.41. The first-order valence-corrected chi connectivity index (χ1v) is 8.59. The van der Waals surface area contributed by atoms with Crippen LogP contribution < -0.4 is 10.2 Å². The van der Waals surface area contributed by atoms with Gasteiger partial charge in [-0.25, -0.2) is 0 Å². The Labute approximate surface area is 152 Å². The Balaban J connectivity index is 1.74. The maximum absolute atomic E-state index is 12.5. The van der Waals surface area contributed by atoms with Gasteiger partial charge in [0.2, 0.25) is 5.91 Å². The molecule has 0 atom stereocenters. The van der Waals surface area contributed by atoms with Gasteiger partial charge in [-0.05, 0) is 36.4 Å². The second-order valence-electron chi connectivity index (χ2n) is 5.97. The maximum atomic E-state index is 12.5. The Hall–Kier alpha value is -2.53. The summed E-state index contributed by atoms with van der Waals surface area (Å²) in [6.07, 6.45) is 0. The van der Waals surface area contributed by atoms with Gasteiger partial charge in [0.1, 0.15) is 0 Å². The molecular weight excluding hydrogens is 338 g/mol. The first-order valence-electron chi connectivity index (χ1n) is 8.21. The molecule has 0 radical (unpaired) electrons. The number of hydrogen-bond donors (Lipinski definition) is 1. The van der Waals surface area contributed by atoms with E-state index in [-0.39, 0.29) is 11.8 Å². The van der Waals surface area contributed by atoms with Crippen LogP contribution in [-0.4, -0.2) is 42.9 Å². The van der Waals surface area contributed by atoms with Crippen LogP contribution in [0.25, 0.3) is 0 Å². The van der Waals surface area contributed by atoms with Crippen molar-refractivity contribution in [2.75, 3.05) is 36.4 Å². The molecular formula is C19H20ClN3O2. The Bertz CT molecular complexity index is 768. The van der Waals surface area contributed by atoms with Gasteiger partial charge < -0.3 is 15.1 Å². The smallest absolute Gasteiger partial charge is 0.255 e. The molecule has 1 heterocycles. The van der Waals surface area contributed by atoms with Crippen molar-refractivity contribution in [1.82, 2.24) is 4.90 Å². The third kappa shape index (κ3) is 4.12. The third-order valence-electron chi connectivity index (χ3n) is 4.32. The minimum atomic E-state index is -0.175. The zero-order chi connectivity index (χ0) is 17.8. The molecule has 1 aliphatic heterocycles. The highest BCUT2D eigenvalue weighted by molar-refractivity contribution is 6.30. The molecule has 0 saturated carbocycles. The number of nitrogens with zero attached hydrogens (tertiary/aromatic N) is 2. The van der Waals surface area contributed by atoms with Crippen molar-refractivity contribution in [2.45, 2.75) is 6.92 Å². The molecule has 5 nitrogen and oxygen atoms in total. The molecule has 0 spiro atoms. The Morgan fingerprint density at radius 2 is 1.60 bits per heavy atom. The SMILES string of the molecule is CC(=O)N1CCN(c2ccccc2NC(=O)c2ccc(Cl)cc2)CC1. The first kappa shape index (κ1) is 17.3. The molecule has 2 aromatic rings. The first-order chi connectivity index (χ1) is 12.0. The number of amides is 2. The molecule has 0 unspecified atom stereocenters. The summed E-state index contributed by atoms with van der Waals surface area (Å²) in [6.45, 7) is 4.46. The van der Waals surface area contributed by atoms with E-state index in [1.54, 1.807) is 31.2 Å². The highest BCUT2D eigenvalue weighted by Gasteiger charge is 2.21. The predicted octanol–water partition coefficient (Wildman–Crippen LogP) is 3.26. The van der Waals surface area contributed by atoms with E-state index in [9.17, 15) is 9.59 Å². The average molecular weight is 358 g/mol. The lowest BCUT2D eigenvalue weighted by molar-refractivity contribution is -0.129. The number of nitrogens with one attached hydrogen (secondary N) is 1. The number of anilines is 2. The summed E-state index contributed by atoms with van der Waals surface area (Å²) in [5.41, 5.74) is 2.28. The van der Waals surface area contributed by atoms with Crippen LogP contribution in [0.3, 0.4) is 0 Å². The Kier molecular flexibility index (Phi) is 5.24. The molecule has 3 rings (SSSR count). The number of para-hydroxylation sites is 2. The lowest BCUT2D eigenvalue weighted by Gasteiger charge is -2.36. The van der Waals surface area contributed by atoms with Crippen LogP contribution in [0.4, 0.5) is 11.4 Å². The number of benzene rings is 2. The zero-order valence-corrected chi connectivity index (χ0v) is 14.8.